The van der Waals surface area contributed by atoms with Gasteiger partial charge in [-0.3, -0.25) is 14.4 Å². The molecule has 9 nitrogen and oxygen atoms in total. The molecule has 0 bridgehead atoms. The van der Waals surface area contributed by atoms with Crippen molar-refractivity contribution in [3.8, 4) is 0 Å². The summed E-state index contributed by atoms with van der Waals surface area (Å²) < 4.78 is 19.3. The predicted molar refractivity (Wildman–Crippen MR) is 123 cm³/mol. The number of hydrogen-bond acceptors (Lipinski definition) is 5. The number of halogens is 2. The second-order valence-corrected chi connectivity index (χ2v) is 9.11. The number of benzene rings is 1. The number of nitrogens with zero attached hydrogens (tertiary/aromatic N) is 2. The Kier molecular flexibility index (Phi) is 7.47. The molecule has 182 valence electrons. The molecule has 1 saturated heterocycles. The van der Waals surface area contributed by atoms with Crippen LogP contribution in [0.1, 0.15) is 59.5 Å². The maximum absolute atomic E-state index is 13.5. The Hall–Kier alpha value is -2.98. The Morgan fingerprint density at radius 1 is 1.24 bits per heavy atom. The lowest BCUT2D eigenvalue weighted by Gasteiger charge is -2.37. The van der Waals surface area contributed by atoms with Gasteiger partial charge < -0.3 is 25.7 Å². The molecule has 0 spiro atoms. The molecule has 2 aromatic rings. The molecule has 1 atom stereocenters. The number of nitrogens with one attached hydrogen (secondary N) is 2. The molecule has 3 amide bonds. The van der Waals surface area contributed by atoms with Crippen molar-refractivity contribution in [2.24, 2.45) is 11.7 Å². The van der Waals surface area contributed by atoms with Gasteiger partial charge in [0.25, 0.3) is 11.8 Å². The largest absolute Gasteiger partial charge is 0.376 e. The first-order valence-corrected chi connectivity index (χ1v) is 11.7. The highest BCUT2D eigenvalue weighted by molar-refractivity contribution is 6.33. The summed E-state index contributed by atoms with van der Waals surface area (Å²) in [4.78, 5) is 46.3. The van der Waals surface area contributed by atoms with Crippen LogP contribution in [-0.4, -0.2) is 57.9 Å². The Morgan fingerprint density at radius 3 is 2.68 bits per heavy atom. The number of aromatic amines is 1. The number of hydrogen-bond donors (Lipinski definition) is 3. The minimum atomic E-state index is -0.755. The van der Waals surface area contributed by atoms with E-state index >= 15 is 0 Å². The molecule has 4 N–H and O–H groups in total. The molecule has 1 aromatic heterocycles. The molecular weight excluding hydrogens is 465 g/mol. The van der Waals surface area contributed by atoms with Crippen LogP contribution in [0.3, 0.4) is 0 Å². The number of rotatable bonds is 7. The number of imidazole rings is 1. The van der Waals surface area contributed by atoms with Crippen LogP contribution in [0.15, 0.2) is 24.5 Å². The molecule has 1 unspecified atom stereocenters. The average molecular weight is 492 g/mol. The first-order valence-electron chi connectivity index (χ1n) is 11.3. The summed E-state index contributed by atoms with van der Waals surface area (Å²) in [7, 11) is 0. The number of anilines is 1. The molecule has 1 saturated carbocycles. The van der Waals surface area contributed by atoms with Crippen molar-refractivity contribution < 1.29 is 23.5 Å². The minimum Gasteiger partial charge on any atom is -0.376 e. The summed E-state index contributed by atoms with van der Waals surface area (Å²) >= 11 is 6.06. The fourth-order valence-corrected chi connectivity index (χ4v) is 4.83. The highest BCUT2D eigenvalue weighted by Crippen LogP contribution is 2.32. The van der Waals surface area contributed by atoms with E-state index in [0.29, 0.717) is 38.8 Å². The van der Waals surface area contributed by atoms with Gasteiger partial charge in [-0.1, -0.05) is 11.6 Å². The molecule has 1 aliphatic heterocycles. The Balaban J connectivity index is 1.44. The smallest absolute Gasteiger partial charge is 0.275 e. The van der Waals surface area contributed by atoms with Gasteiger partial charge >= 0.3 is 0 Å². The zero-order valence-corrected chi connectivity index (χ0v) is 19.3. The maximum atomic E-state index is 13.5. The number of carbonyl (C=O) groups excluding carboxylic acids is 3. The van der Waals surface area contributed by atoms with E-state index in [9.17, 15) is 18.8 Å². The van der Waals surface area contributed by atoms with Crippen molar-refractivity contribution in [1.29, 1.82) is 0 Å². The number of nitrogens with two attached hydrogens (primary N) is 1. The third-order valence-corrected chi connectivity index (χ3v) is 6.80. The fraction of sp³-hybridized carbons (Fsp3) is 0.478. The molecule has 1 aliphatic carbocycles. The highest BCUT2D eigenvalue weighted by Gasteiger charge is 2.36. The average Bonchev–Trinajstić information content (AvgIpc) is 3.52. The Labute approximate surface area is 201 Å². The SMILES string of the molecule is NC(=O)c1[nH]cnc1C(=O)N(CC1CCCO1)[C@H]1CC[C@H](C(=O)Nc2cc(F)ccc2Cl)CC1. The van der Waals surface area contributed by atoms with E-state index in [1.807, 2.05) is 0 Å². The molecule has 2 fully saturated rings. The number of amides is 3. The topological polar surface area (TPSA) is 130 Å². The van der Waals surface area contributed by atoms with Crippen LogP contribution in [0.5, 0.6) is 0 Å². The van der Waals surface area contributed by atoms with E-state index < -0.39 is 11.7 Å². The summed E-state index contributed by atoms with van der Waals surface area (Å²) in [5, 5.41) is 2.98. The summed E-state index contributed by atoms with van der Waals surface area (Å²) in [6.45, 7) is 1.03. The van der Waals surface area contributed by atoms with E-state index in [2.05, 4.69) is 15.3 Å². The minimum absolute atomic E-state index is 0.00823. The fourth-order valence-electron chi connectivity index (χ4n) is 4.66. The van der Waals surface area contributed by atoms with Gasteiger partial charge in [-0.25, -0.2) is 9.37 Å². The molecule has 2 aliphatic rings. The van der Waals surface area contributed by atoms with E-state index in [-0.39, 0.29) is 52.0 Å². The second-order valence-electron chi connectivity index (χ2n) is 8.70. The quantitative estimate of drug-likeness (QED) is 0.547. The molecule has 4 rings (SSSR count). The summed E-state index contributed by atoms with van der Waals surface area (Å²) in [6.07, 6.45) is 5.22. The third-order valence-electron chi connectivity index (χ3n) is 6.47. The van der Waals surface area contributed by atoms with Crippen LogP contribution in [0.2, 0.25) is 5.02 Å². The normalized spacial score (nSPS) is 22.4. The van der Waals surface area contributed by atoms with Gasteiger partial charge in [0.2, 0.25) is 5.91 Å². The number of carbonyl (C=O) groups is 3. The van der Waals surface area contributed by atoms with Gasteiger partial charge in [0.05, 0.1) is 23.1 Å². The van der Waals surface area contributed by atoms with E-state index in [0.717, 1.165) is 12.8 Å². The van der Waals surface area contributed by atoms with Crippen molar-refractivity contribution in [1.82, 2.24) is 14.9 Å². The maximum Gasteiger partial charge on any atom is 0.275 e. The summed E-state index contributed by atoms with van der Waals surface area (Å²) in [5.41, 5.74) is 5.59. The second kappa shape index (κ2) is 10.5. The first kappa shape index (κ1) is 24.2. The number of aromatic nitrogens is 2. The zero-order chi connectivity index (χ0) is 24.2. The van der Waals surface area contributed by atoms with Crippen molar-refractivity contribution in [3.05, 3.63) is 46.8 Å². The molecule has 0 radical (unpaired) electrons. The Bertz CT molecular complexity index is 1060. The van der Waals surface area contributed by atoms with Crippen molar-refractivity contribution in [2.75, 3.05) is 18.5 Å². The van der Waals surface area contributed by atoms with Crippen LogP contribution in [-0.2, 0) is 9.53 Å². The molecule has 34 heavy (non-hydrogen) atoms. The van der Waals surface area contributed by atoms with Crippen LogP contribution in [0, 0.1) is 11.7 Å². The zero-order valence-electron chi connectivity index (χ0n) is 18.6. The molecule has 1 aromatic carbocycles. The van der Waals surface area contributed by atoms with E-state index in [4.69, 9.17) is 22.1 Å². The van der Waals surface area contributed by atoms with Crippen LogP contribution < -0.4 is 11.1 Å². The van der Waals surface area contributed by atoms with Crippen molar-refractivity contribution >= 4 is 35.0 Å². The lowest BCUT2D eigenvalue weighted by atomic mass is 9.84. The highest BCUT2D eigenvalue weighted by atomic mass is 35.5. The van der Waals surface area contributed by atoms with Gasteiger partial charge in [-0.05, 0) is 56.7 Å². The molecular formula is C23H27ClFN5O4. The Morgan fingerprint density at radius 2 is 2.00 bits per heavy atom. The first-order chi connectivity index (χ1) is 16.3. The van der Waals surface area contributed by atoms with Gasteiger partial charge in [0, 0.05) is 25.1 Å². The van der Waals surface area contributed by atoms with Crippen LogP contribution in [0.4, 0.5) is 10.1 Å². The number of primary amides is 1. The van der Waals surface area contributed by atoms with Gasteiger partial charge in [0.1, 0.15) is 11.5 Å². The van der Waals surface area contributed by atoms with E-state index in [1.165, 1.54) is 24.5 Å². The predicted octanol–water partition coefficient (Wildman–Crippen LogP) is 3.12. The van der Waals surface area contributed by atoms with Crippen molar-refractivity contribution in [2.45, 2.75) is 50.7 Å². The van der Waals surface area contributed by atoms with Gasteiger partial charge in [-0.2, -0.15) is 0 Å². The summed E-state index contributed by atoms with van der Waals surface area (Å²) in [6, 6.07) is 3.67. The summed E-state index contributed by atoms with van der Waals surface area (Å²) in [5.74, 6) is -2.15. The molecule has 11 heteroatoms. The van der Waals surface area contributed by atoms with Crippen molar-refractivity contribution in [3.63, 3.8) is 0 Å². The number of H-pyrrole nitrogens is 1. The van der Waals surface area contributed by atoms with Crippen LogP contribution >= 0.6 is 11.6 Å². The van der Waals surface area contributed by atoms with E-state index in [1.54, 1.807) is 4.90 Å². The third kappa shape index (κ3) is 5.39. The lowest BCUT2D eigenvalue weighted by molar-refractivity contribution is -0.121. The van der Waals surface area contributed by atoms with Crippen LogP contribution in [0.25, 0.3) is 0 Å². The van der Waals surface area contributed by atoms with Gasteiger partial charge in [0.15, 0.2) is 5.69 Å². The number of ether oxygens (including phenoxy) is 1. The monoisotopic (exact) mass is 491 g/mol. The standard InChI is InChI=1S/C23H27ClFN5O4/c24-17-8-5-14(25)10-18(17)29-22(32)13-3-6-15(7-4-13)30(11-16-2-1-9-34-16)23(33)20-19(21(26)31)27-12-28-20/h5,8,10,12-13,15-16H,1-4,6-7,9,11H2,(H2,26,31)(H,27,28)(H,29,32)/t13-,15-,16?. The lowest BCUT2D eigenvalue weighted by Crippen LogP contribution is -2.47. The molecule has 2 heterocycles. The van der Waals surface area contributed by atoms with Gasteiger partial charge in [-0.15, -0.1) is 0 Å².